The van der Waals surface area contributed by atoms with Crippen LogP contribution in [0, 0.1) is 12.8 Å². The summed E-state index contributed by atoms with van der Waals surface area (Å²) in [6.07, 6.45) is 0.618. The van der Waals surface area contributed by atoms with Crippen LogP contribution in [-0.4, -0.2) is 29.3 Å². The van der Waals surface area contributed by atoms with Crippen molar-refractivity contribution in [1.82, 2.24) is 10.2 Å². The Morgan fingerprint density at radius 3 is 2.24 bits per heavy atom. The van der Waals surface area contributed by atoms with E-state index in [0.717, 1.165) is 22.3 Å². The van der Waals surface area contributed by atoms with Gasteiger partial charge in [0.05, 0.1) is 6.42 Å². The number of nitrogens with zero attached hydrogens (tertiary/aromatic N) is 1. The largest absolute Gasteiger partial charge is 0.354 e. The number of carbonyl (C=O) groups is 2. The first-order valence-electron chi connectivity index (χ1n) is 11.7. The van der Waals surface area contributed by atoms with E-state index in [9.17, 15) is 9.59 Å². The summed E-state index contributed by atoms with van der Waals surface area (Å²) in [5.74, 6) is 0.0720. The molecule has 0 heterocycles. The van der Waals surface area contributed by atoms with Crippen molar-refractivity contribution in [2.45, 2.75) is 46.2 Å². The minimum atomic E-state index is -0.631. The molecule has 2 amide bonds. The second-order valence-electron chi connectivity index (χ2n) is 9.16. The molecule has 0 bridgehead atoms. The predicted molar refractivity (Wildman–Crippen MR) is 139 cm³/mol. The van der Waals surface area contributed by atoms with E-state index in [1.165, 1.54) is 0 Å². The summed E-state index contributed by atoms with van der Waals surface area (Å²) < 4.78 is 0. The van der Waals surface area contributed by atoms with E-state index >= 15 is 0 Å². The van der Waals surface area contributed by atoms with Crippen molar-refractivity contribution >= 4 is 23.4 Å². The lowest BCUT2D eigenvalue weighted by atomic mass is 10.0. The molecule has 0 radical (unpaired) electrons. The standard InChI is InChI=1S/C29H33ClN2O2/c1-21(2)19-31-29(34)27(17-23-10-5-4-6-11-23)32(20-25-13-7-9-22(3)15-25)28(33)18-24-12-8-14-26(30)16-24/h4-16,21,27H,17-20H2,1-3H3,(H,31,34)/t27-/m1/s1. The van der Waals surface area contributed by atoms with Crippen LogP contribution in [0.3, 0.4) is 0 Å². The van der Waals surface area contributed by atoms with Crippen molar-refractivity contribution in [1.29, 1.82) is 0 Å². The van der Waals surface area contributed by atoms with Crippen LogP contribution in [0.1, 0.15) is 36.1 Å². The Bertz CT molecular complexity index is 1100. The third kappa shape index (κ3) is 7.74. The monoisotopic (exact) mass is 476 g/mol. The highest BCUT2D eigenvalue weighted by Gasteiger charge is 2.30. The average molecular weight is 477 g/mol. The Hall–Kier alpha value is -3.11. The topological polar surface area (TPSA) is 49.4 Å². The fraction of sp³-hybridized carbons (Fsp3) is 0.310. The maximum absolute atomic E-state index is 13.7. The first-order valence-corrected chi connectivity index (χ1v) is 12.1. The number of rotatable bonds is 10. The molecule has 0 fully saturated rings. The maximum Gasteiger partial charge on any atom is 0.243 e. The highest BCUT2D eigenvalue weighted by molar-refractivity contribution is 6.30. The summed E-state index contributed by atoms with van der Waals surface area (Å²) in [6.45, 7) is 7.06. The van der Waals surface area contributed by atoms with Gasteiger partial charge < -0.3 is 10.2 Å². The lowest BCUT2D eigenvalue weighted by Gasteiger charge is -2.32. The zero-order valence-electron chi connectivity index (χ0n) is 20.1. The van der Waals surface area contributed by atoms with Crippen LogP contribution in [-0.2, 0) is 29.0 Å². The summed E-state index contributed by atoms with van der Waals surface area (Å²) in [7, 11) is 0. The van der Waals surface area contributed by atoms with Gasteiger partial charge in [-0.2, -0.15) is 0 Å². The fourth-order valence-electron chi connectivity index (χ4n) is 3.91. The Labute approximate surface area is 207 Å². The highest BCUT2D eigenvalue weighted by Crippen LogP contribution is 2.18. The first kappa shape index (κ1) is 25.5. The van der Waals surface area contributed by atoms with Gasteiger partial charge in [0.2, 0.25) is 11.8 Å². The number of hydrogen-bond donors (Lipinski definition) is 1. The first-order chi connectivity index (χ1) is 16.3. The Morgan fingerprint density at radius 2 is 1.56 bits per heavy atom. The van der Waals surface area contributed by atoms with Crippen LogP contribution < -0.4 is 5.32 Å². The third-order valence-corrected chi connectivity index (χ3v) is 5.87. The van der Waals surface area contributed by atoms with E-state index < -0.39 is 6.04 Å². The number of amides is 2. The normalized spacial score (nSPS) is 11.8. The number of halogens is 1. The molecule has 0 aliphatic carbocycles. The molecule has 3 rings (SSSR count). The predicted octanol–water partition coefficient (Wildman–Crippen LogP) is 5.60. The van der Waals surface area contributed by atoms with Gasteiger partial charge in [-0.3, -0.25) is 9.59 Å². The number of carbonyl (C=O) groups excluding carboxylic acids is 2. The molecule has 0 aromatic heterocycles. The minimum Gasteiger partial charge on any atom is -0.354 e. The molecule has 5 heteroatoms. The van der Waals surface area contributed by atoms with Gasteiger partial charge in [-0.05, 0) is 41.7 Å². The highest BCUT2D eigenvalue weighted by atomic mass is 35.5. The molecule has 1 N–H and O–H groups in total. The van der Waals surface area contributed by atoms with E-state index in [1.54, 1.807) is 17.0 Å². The lowest BCUT2D eigenvalue weighted by Crippen LogP contribution is -2.51. The van der Waals surface area contributed by atoms with Crippen molar-refractivity contribution in [3.05, 3.63) is 106 Å². The molecule has 178 valence electrons. The van der Waals surface area contributed by atoms with Gasteiger partial charge in [-0.25, -0.2) is 0 Å². The molecule has 0 aliphatic rings. The van der Waals surface area contributed by atoms with Gasteiger partial charge in [0.15, 0.2) is 0 Å². The van der Waals surface area contributed by atoms with E-state index in [1.807, 2.05) is 67.6 Å². The number of hydrogen-bond acceptors (Lipinski definition) is 2. The second kappa shape index (κ2) is 12.4. The van der Waals surface area contributed by atoms with Crippen LogP contribution in [0.15, 0.2) is 78.9 Å². The molecule has 0 aliphatic heterocycles. The molecule has 0 spiro atoms. The van der Waals surface area contributed by atoms with Crippen LogP contribution in [0.25, 0.3) is 0 Å². The lowest BCUT2D eigenvalue weighted by molar-refractivity contribution is -0.140. The van der Waals surface area contributed by atoms with Gasteiger partial charge >= 0.3 is 0 Å². The van der Waals surface area contributed by atoms with Gasteiger partial charge in [-0.1, -0.05) is 97.7 Å². The quantitative estimate of drug-likeness (QED) is 0.414. The van der Waals surface area contributed by atoms with Crippen LogP contribution in [0.4, 0.5) is 0 Å². The van der Waals surface area contributed by atoms with Crippen molar-refractivity contribution in [3.8, 4) is 0 Å². The van der Waals surface area contributed by atoms with Gasteiger partial charge in [0, 0.05) is 24.5 Å². The summed E-state index contributed by atoms with van der Waals surface area (Å²) in [4.78, 5) is 28.8. The van der Waals surface area contributed by atoms with Crippen molar-refractivity contribution < 1.29 is 9.59 Å². The molecule has 0 saturated carbocycles. The zero-order chi connectivity index (χ0) is 24.5. The molecule has 3 aromatic rings. The summed E-state index contributed by atoms with van der Waals surface area (Å²) in [5.41, 5.74) is 3.95. The molecular formula is C29H33ClN2O2. The molecule has 1 atom stereocenters. The third-order valence-electron chi connectivity index (χ3n) is 5.64. The molecule has 34 heavy (non-hydrogen) atoms. The molecule has 0 unspecified atom stereocenters. The van der Waals surface area contributed by atoms with Gasteiger partial charge in [0.1, 0.15) is 6.04 Å². The van der Waals surface area contributed by atoms with E-state index in [0.29, 0.717) is 30.5 Å². The zero-order valence-corrected chi connectivity index (χ0v) is 20.9. The SMILES string of the molecule is Cc1cccc(CN(C(=O)Cc2cccc(Cl)c2)[C@H](Cc2ccccc2)C(=O)NCC(C)C)c1. The van der Waals surface area contributed by atoms with E-state index in [-0.39, 0.29) is 18.2 Å². The number of aryl methyl sites for hydroxylation is 1. The Balaban J connectivity index is 1.96. The molecular weight excluding hydrogens is 444 g/mol. The number of nitrogens with one attached hydrogen (secondary N) is 1. The molecule has 0 saturated heterocycles. The molecule has 4 nitrogen and oxygen atoms in total. The summed E-state index contributed by atoms with van der Waals surface area (Å²) in [6, 6.07) is 24.6. The van der Waals surface area contributed by atoms with Crippen LogP contribution in [0.2, 0.25) is 5.02 Å². The van der Waals surface area contributed by atoms with Crippen LogP contribution in [0.5, 0.6) is 0 Å². The average Bonchev–Trinajstić information content (AvgIpc) is 2.80. The van der Waals surface area contributed by atoms with Crippen molar-refractivity contribution in [3.63, 3.8) is 0 Å². The van der Waals surface area contributed by atoms with Crippen molar-refractivity contribution in [2.75, 3.05) is 6.54 Å². The van der Waals surface area contributed by atoms with E-state index in [2.05, 4.69) is 25.2 Å². The Morgan fingerprint density at radius 1 is 0.882 bits per heavy atom. The molecule has 3 aromatic carbocycles. The van der Waals surface area contributed by atoms with Crippen molar-refractivity contribution in [2.24, 2.45) is 5.92 Å². The second-order valence-corrected chi connectivity index (χ2v) is 9.60. The summed E-state index contributed by atoms with van der Waals surface area (Å²) >= 11 is 6.16. The van der Waals surface area contributed by atoms with E-state index in [4.69, 9.17) is 11.6 Å². The fourth-order valence-corrected chi connectivity index (χ4v) is 4.12. The van der Waals surface area contributed by atoms with Gasteiger partial charge in [-0.15, -0.1) is 0 Å². The Kier molecular flexibility index (Phi) is 9.29. The smallest absolute Gasteiger partial charge is 0.243 e. The summed E-state index contributed by atoms with van der Waals surface area (Å²) in [5, 5.41) is 3.64. The van der Waals surface area contributed by atoms with Gasteiger partial charge in [0.25, 0.3) is 0 Å². The maximum atomic E-state index is 13.7. The number of benzene rings is 3. The minimum absolute atomic E-state index is 0.107. The van der Waals surface area contributed by atoms with Crippen LogP contribution >= 0.6 is 11.6 Å².